The summed E-state index contributed by atoms with van der Waals surface area (Å²) in [6.07, 6.45) is 0. The van der Waals surface area contributed by atoms with Crippen LogP contribution in [-0.2, 0) is 4.74 Å². The molecule has 0 N–H and O–H groups in total. The Morgan fingerprint density at radius 2 is 1.81 bits per heavy atom. The average Bonchev–Trinajstić information content (AvgIpc) is 2.66. The summed E-state index contributed by atoms with van der Waals surface area (Å²) in [6, 6.07) is 9.58. The van der Waals surface area contributed by atoms with Gasteiger partial charge in [-0.15, -0.1) is 0 Å². The maximum Gasteiger partial charge on any atom is 0.340 e. The number of benzene rings is 2. The summed E-state index contributed by atoms with van der Waals surface area (Å²) in [6.45, 7) is 1.05. The third kappa shape index (κ3) is 3.92. The van der Waals surface area contributed by atoms with Gasteiger partial charge in [0.05, 0.1) is 23.9 Å². The molecule has 0 saturated heterocycles. The monoisotopic (exact) mass is 371 g/mol. The van der Waals surface area contributed by atoms with Gasteiger partial charge in [0.25, 0.3) is 0 Å². The predicted molar refractivity (Wildman–Crippen MR) is 94.0 cm³/mol. The number of methoxy groups -OCH3 is 1. The van der Waals surface area contributed by atoms with E-state index in [0.29, 0.717) is 22.3 Å². The fourth-order valence-electron chi connectivity index (χ4n) is 2.54. The Hall–Kier alpha value is -3.35. The molecular formula is C20H15F2NO4. The van der Waals surface area contributed by atoms with Gasteiger partial charge in [-0.1, -0.05) is 0 Å². The van der Waals surface area contributed by atoms with E-state index in [9.17, 15) is 18.4 Å². The van der Waals surface area contributed by atoms with Gasteiger partial charge in [0.2, 0.25) is 0 Å². The summed E-state index contributed by atoms with van der Waals surface area (Å²) in [5.74, 6) is -2.93. The van der Waals surface area contributed by atoms with E-state index in [-0.39, 0.29) is 11.1 Å². The number of pyridine rings is 1. The molecular weight excluding hydrogens is 356 g/mol. The Bertz CT molecular complexity index is 1050. The minimum atomic E-state index is -1.14. The Morgan fingerprint density at radius 3 is 2.52 bits per heavy atom. The molecule has 0 unspecified atom stereocenters. The number of aryl methyl sites for hydroxylation is 1. The molecule has 0 amide bonds. The molecule has 27 heavy (non-hydrogen) atoms. The van der Waals surface area contributed by atoms with E-state index in [0.717, 1.165) is 18.2 Å². The van der Waals surface area contributed by atoms with Crippen LogP contribution in [0.25, 0.3) is 10.9 Å². The van der Waals surface area contributed by atoms with Crippen molar-refractivity contribution in [3.05, 3.63) is 70.9 Å². The van der Waals surface area contributed by atoms with Crippen molar-refractivity contribution < 1.29 is 27.8 Å². The smallest absolute Gasteiger partial charge is 0.340 e. The van der Waals surface area contributed by atoms with Crippen molar-refractivity contribution in [1.29, 1.82) is 0 Å². The zero-order chi connectivity index (χ0) is 19.6. The summed E-state index contributed by atoms with van der Waals surface area (Å²) >= 11 is 0. The lowest BCUT2D eigenvalue weighted by Crippen LogP contribution is -2.16. The van der Waals surface area contributed by atoms with Crippen LogP contribution < -0.4 is 4.74 Å². The van der Waals surface area contributed by atoms with Gasteiger partial charge >= 0.3 is 5.97 Å². The molecule has 0 saturated carbocycles. The number of nitrogens with zero attached hydrogens (tertiary/aromatic N) is 1. The second-order valence-electron chi connectivity index (χ2n) is 5.81. The lowest BCUT2D eigenvalue weighted by Gasteiger charge is -2.09. The SMILES string of the molecule is COc1ccc2cc(C(=O)OCC(=O)c3ccc(F)c(F)c3)c(C)nc2c1. The van der Waals surface area contributed by atoms with Crippen LogP contribution in [0.2, 0.25) is 0 Å². The van der Waals surface area contributed by atoms with Crippen LogP contribution >= 0.6 is 0 Å². The van der Waals surface area contributed by atoms with Crippen LogP contribution in [0.15, 0.2) is 42.5 Å². The summed E-state index contributed by atoms with van der Waals surface area (Å²) in [4.78, 5) is 28.7. The number of hydrogen-bond donors (Lipinski definition) is 0. The molecule has 1 heterocycles. The molecule has 0 spiro atoms. The largest absolute Gasteiger partial charge is 0.497 e. The van der Waals surface area contributed by atoms with Crippen LogP contribution in [0.3, 0.4) is 0 Å². The maximum absolute atomic E-state index is 13.2. The third-order valence-corrected chi connectivity index (χ3v) is 4.01. The molecule has 0 aliphatic rings. The maximum atomic E-state index is 13.2. The van der Waals surface area contributed by atoms with Crippen molar-refractivity contribution in [2.45, 2.75) is 6.92 Å². The van der Waals surface area contributed by atoms with Crippen molar-refractivity contribution in [1.82, 2.24) is 4.98 Å². The first-order valence-electron chi connectivity index (χ1n) is 8.00. The summed E-state index contributed by atoms with van der Waals surface area (Å²) < 4.78 is 36.3. The van der Waals surface area contributed by atoms with Gasteiger partial charge in [0, 0.05) is 17.0 Å². The Balaban J connectivity index is 1.76. The minimum Gasteiger partial charge on any atom is -0.497 e. The van der Waals surface area contributed by atoms with Gasteiger partial charge in [-0.3, -0.25) is 9.78 Å². The van der Waals surface area contributed by atoms with E-state index >= 15 is 0 Å². The molecule has 2 aromatic carbocycles. The van der Waals surface area contributed by atoms with E-state index in [1.54, 1.807) is 38.3 Å². The fraction of sp³-hybridized carbons (Fsp3) is 0.150. The van der Waals surface area contributed by atoms with E-state index in [2.05, 4.69) is 4.98 Å². The molecule has 3 rings (SSSR count). The van der Waals surface area contributed by atoms with Crippen LogP contribution in [0, 0.1) is 18.6 Å². The molecule has 0 fully saturated rings. The highest BCUT2D eigenvalue weighted by molar-refractivity contribution is 6.00. The highest BCUT2D eigenvalue weighted by atomic mass is 19.2. The highest BCUT2D eigenvalue weighted by Crippen LogP contribution is 2.22. The zero-order valence-electron chi connectivity index (χ0n) is 14.6. The lowest BCUT2D eigenvalue weighted by molar-refractivity contribution is 0.0473. The zero-order valence-corrected chi connectivity index (χ0v) is 14.6. The number of esters is 1. The molecule has 138 valence electrons. The summed E-state index contributed by atoms with van der Waals surface area (Å²) in [7, 11) is 1.55. The number of Topliss-reactive ketones (excluding diaryl/α,β-unsaturated/α-hetero) is 1. The van der Waals surface area contributed by atoms with E-state index in [4.69, 9.17) is 9.47 Å². The van der Waals surface area contributed by atoms with E-state index in [1.807, 2.05) is 0 Å². The van der Waals surface area contributed by atoms with Crippen LogP contribution in [-0.4, -0.2) is 30.5 Å². The quantitative estimate of drug-likeness (QED) is 0.503. The second-order valence-corrected chi connectivity index (χ2v) is 5.81. The van der Waals surface area contributed by atoms with Gasteiger partial charge in [-0.25, -0.2) is 13.6 Å². The number of carbonyl (C=O) groups excluding carboxylic acids is 2. The van der Waals surface area contributed by atoms with Crippen molar-refractivity contribution in [2.75, 3.05) is 13.7 Å². The van der Waals surface area contributed by atoms with Crippen LogP contribution in [0.1, 0.15) is 26.4 Å². The first kappa shape index (κ1) is 18.4. The predicted octanol–water partition coefficient (Wildman–Crippen LogP) is 3.87. The third-order valence-electron chi connectivity index (χ3n) is 4.01. The molecule has 7 heteroatoms. The standard InChI is InChI=1S/C20H15F2NO4/c1-11-15(7-12-3-5-14(26-2)9-18(12)23-11)20(25)27-10-19(24)13-4-6-16(21)17(22)8-13/h3-9H,10H2,1-2H3. The molecule has 3 aromatic rings. The number of fused-ring (bicyclic) bond motifs is 1. The lowest BCUT2D eigenvalue weighted by atomic mass is 10.1. The normalized spacial score (nSPS) is 10.7. The molecule has 0 bridgehead atoms. The highest BCUT2D eigenvalue weighted by Gasteiger charge is 2.17. The molecule has 0 atom stereocenters. The van der Waals surface area contributed by atoms with Crippen LogP contribution in [0.5, 0.6) is 5.75 Å². The van der Waals surface area contributed by atoms with Gasteiger partial charge < -0.3 is 9.47 Å². The Labute approximate surface area is 153 Å². The summed E-state index contributed by atoms with van der Waals surface area (Å²) in [5.41, 5.74) is 1.22. The molecule has 0 aliphatic carbocycles. The number of hydrogen-bond acceptors (Lipinski definition) is 5. The molecule has 0 radical (unpaired) electrons. The van der Waals surface area contributed by atoms with Crippen molar-refractivity contribution in [2.24, 2.45) is 0 Å². The van der Waals surface area contributed by atoms with Crippen molar-refractivity contribution in [3.8, 4) is 5.75 Å². The van der Waals surface area contributed by atoms with E-state index in [1.165, 1.54) is 0 Å². The topological polar surface area (TPSA) is 65.5 Å². The number of ketones is 1. The first-order valence-corrected chi connectivity index (χ1v) is 8.00. The number of ether oxygens (including phenoxy) is 2. The van der Waals surface area contributed by atoms with Crippen molar-refractivity contribution >= 4 is 22.7 Å². The molecule has 5 nitrogen and oxygen atoms in total. The summed E-state index contributed by atoms with van der Waals surface area (Å²) in [5, 5.41) is 0.709. The van der Waals surface area contributed by atoms with Gasteiger partial charge in [-0.2, -0.15) is 0 Å². The Kier molecular flexibility index (Phi) is 5.12. The molecule has 1 aromatic heterocycles. The van der Waals surface area contributed by atoms with E-state index < -0.39 is 30.0 Å². The first-order chi connectivity index (χ1) is 12.9. The minimum absolute atomic E-state index is 0.0813. The van der Waals surface area contributed by atoms with Crippen LogP contribution in [0.4, 0.5) is 8.78 Å². The number of halogens is 2. The van der Waals surface area contributed by atoms with Gasteiger partial charge in [0.1, 0.15) is 5.75 Å². The fourth-order valence-corrected chi connectivity index (χ4v) is 2.54. The Morgan fingerprint density at radius 1 is 1.04 bits per heavy atom. The van der Waals surface area contributed by atoms with Crippen molar-refractivity contribution in [3.63, 3.8) is 0 Å². The molecule has 0 aliphatic heterocycles. The number of carbonyl (C=O) groups is 2. The average molecular weight is 371 g/mol. The van der Waals surface area contributed by atoms with Gasteiger partial charge in [-0.05, 0) is 43.3 Å². The number of aromatic nitrogens is 1. The number of rotatable bonds is 5. The van der Waals surface area contributed by atoms with Gasteiger partial charge in [0.15, 0.2) is 24.0 Å². The second kappa shape index (κ2) is 7.49.